The van der Waals surface area contributed by atoms with Crippen LogP contribution in [-0.4, -0.2) is 296 Å². The van der Waals surface area contributed by atoms with E-state index in [4.69, 9.17) is 16.3 Å². The molecule has 3 heterocycles. The molecule has 4 fully saturated rings. The third-order valence-corrected chi connectivity index (χ3v) is 20.6. The number of likely N-dealkylation sites (tertiary alicyclic amines) is 2. The van der Waals surface area contributed by atoms with E-state index in [2.05, 4.69) is 16.0 Å². The minimum atomic E-state index is -4.82. The van der Waals surface area contributed by atoms with Gasteiger partial charge in [0.15, 0.2) is 0 Å². The number of hydrogen-bond acceptors (Lipinski definition) is 14. The lowest BCUT2D eigenvalue weighted by Crippen LogP contribution is -2.62. The highest BCUT2D eigenvalue weighted by Crippen LogP contribution is 2.36. The maximum Gasteiger partial charge on any atom is 0.417 e. The highest BCUT2D eigenvalue weighted by Gasteiger charge is 2.47. The maximum atomic E-state index is 15.3. The van der Waals surface area contributed by atoms with Crippen LogP contribution >= 0.6 is 11.6 Å². The number of alkyl halides is 5. The molecule has 0 unspecified atom stereocenters. The number of rotatable bonds is 16. The average Bonchev–Trinajstić information content (AvgIpc) is 0.815. The van der Waals surface area contributed by atoms with Crippen LogP contribution in [0.1, 0.15) is 143 Å². The molecular formula is C70H109ClF5N13O13. The molecule has 5 rings (SSSR count). The summed E-state index contributed by atoms with van der Waals surface area (Å²) in [5.74, 6) is -13.8. The number of amides is 12. The van der Waals surface area contributed by atoms with Crippen LogP contribution in [0.15, 0.2) is 18.2 Å². The third-order valence-electron chi connectivity index (χ3n) is 20.3. The fraction of sp³-hybridized carbons (Fsp3) is 0.743. The number of carbonyl (C=O) groups is 12. The lowest BCUT2D eigenvalue weighted by Gasteiger charge is -2.40. The molecule has 0 spiro atoms. The van der Waals surface area contributed by atoms with Crippen molar-refractivity contribution in [3.05, 3.63) is 34.3 Å². The smallest absolute Gasteiger partial charge is 0.379 e. The second-order valence-electron chi connectivity index (χ2n) is 28.6. The number of ether oxygens (including phenoxy) is 1. The Morgan fingerprint density at radius 3 is 1.82 bits per heavy atom. The highest BCUT2D eigenvalue weighted by molar-refractivity contribution is 6.31. The Kier molecular flexibility index (Phi) is 32.2. The zero-order valence-corrected chi connectivity index (χ0v) is 62.6. The van der Waals surface area contributed by atoms with E-state index in [1.807, 2.05) is 0 Å². The van der Waals surface area contributed by atoms with Crippen LogP contribution in [-0.2, 0) is 74.9 Å². The SMILES string of the molecule is CCCOC[C@@H]1NC(=O)[C@H](CCN2CC(F)(F)C2)N(C)C(=O)[C@H](CCc2ccc(C(F)(F)F)c(Cl)c2)NC(=O)CN(C)C(=O)[C@H](CC2CCCCC2)N(C)C(=O)CN(C)C(=O)CN(C)C(=O)[C@H]([C@@H](C)CC)NC(=O)[C@H](C)N(C)C(=O)C[C@@H](C(=O)N2CCCCC2)N(C)C(=O)[C@@H](C(C)C)N(C)C1=O. The number of aryl methyl sites for hydroxylation is 1. The molecule has 1 aromatic carbocycles. The van der Waals surface area contributed by atoms with Gasteiger partial charge >= 0.3 is 6.18 Å². The minimum absolute atomic E-state index is 0.0366. The van der Waals surface area contributed by atoms with Crippen molar-refractivity contribution in [2.75, 3.05) is 122 Å². The highest BCUT2D eigenvalue weighted by atomic mass is 35.5. The predicted molar refractivity (Wildman–Crippen MR) is 370 cm³/mol. The van der Waals surface area contributed by atoms with Gasteiger partial charge < -0.3 is 64.8 Å². The van der Waals surface area contributed by atoms with Crippen molar-refractivity contribution in [3.8, 4) is 0 Å². The van der Waals surface area contributed by atoms with Gasteiger partial charge in [0.05, 0.1) is 56.3 Å². The van der Waals surface area contributed by atoms with Crippen molar-refractivity contribution in [2.45, 2.75) is 198 Å². The summed E-state index contributed by atoms with van der Waals surface area (Å²) >= 11 is 6.13. The van der Waals surface area contributed by atoms with Gasteiger partial charge in [-0.25, -0.2) is 8.78 Å². The molecule has 1 aromatic rings. The number of piperidine rings is 1. The summed E-state index contributed by atoms with van der Waals surface area (Å²) in [5.41, 5.74) is -0.942. The minimum Gasteiger partial charge on any atom is -0.379 e. The average molecular weight is 1470 g/mol. The summed E-state index contributed by atoms with van der Waals surface area (Å²) in [6, 6.07) is -8.59. The summed E-state index contributed by atoms with van der Waals surface area (Å²) in [6.07, 6.45) is 0.780. The zero-order valence-electron chi connectivity index (χ0n) is 61.8. The molecule has 3 aliphatic heterocycles. The molecule has 4 aliphatic rings. The Hall–Kier alpha value is -7.28. The topological polar surface area (TPSA) is 283 Å². The van der Waals surface area contributed by atoms with Crippen LogP contribution in [0.4, 0.5) is 22.0 Å². The molecule has 12 amide bonds. The van der Waals surface area contributed by atoms with Crippen molar-refractivity contribution >= 4 is 82.5 Å². The van der Waals surface area contributed by atoms with Crippen molar-refractivity contribution < 1.29 is 84.2 Å². The number of halogens is 6. The number of carbonyl (C=O) groups excluding carboxylic acids is 12. The first kappa shape index (κ1) is 85.4. The lowest BCUT2D eigenvalue weighted by molar-refractivity contribution is -0.155. The van der Waals surface area contributed by atoms with E-state index in [-0.39, 0.29) is 50.3 Å². The molecule has 3 N–H and O–H groups in total. The number of nitrogens with one attached hydrogen (secondary N) is 3. The van der Waals surface area contributed by atoms with Gasteiger partial charge in [-0.05, 0) is 93.7 Å². The van der Waals surface area contributed by atoms with Gasteiger partial charge in [-0.15, -0.1) is 0 Å². The molecule has 574 valence electrons. The van der Waals surface area contributed by atoms with E-state index < -0.39 is 199 Å². The van der Waals surface area contributed by atoms with Gasteiger partial charge in [0.1, 0.15) is 48.3 Å². The van der Waals surface area contributed by atoms with E-state index in [0.29, 0.717) is 38.8 Å². The van der Waals surface area contributed by atoms with Gasteiger partial charge in [-0.2, -0.15) is 13.2 Å². The Morgan fingerprint density at radius 1 is 0.647 bits per heavy atom. The number of benzene rings is 1. The van der Waals surface area contributed by atoms with Gasteiger partial charge in [-0.1, -0.05) is 90.8 Å². The van der Waals surface area contributed by atoms with E-state index in [1.165, 1.54) is 73.1 Å². The first-order chi connectivity index (χ1) is 47.7. The molecule has 3 saturated heterocycles. The Bertz CT molecular complexity index is 3110. The Labute approximate surface area is 601 Å². The molecule has 26 nitrogen and oxygen atoms in total. The van der Waals surface area contributed by atoms with Crippen molar-refractivity contribution in [3.63, 3.8) is 0 Å². The monoisotopic (exact) mass is 1470 g/mol. The number of likely N-dealkylation sites (N-methyl/N-ethyl adjacent to an activating group) is 8. The van der Waals surface area contributed by atoms with Crippen LogP contribution < -0.4 is 16.0 Å². The van der Waals surface area contributed by atoms with E-state index in [1.54, 1.807) is 39.5 Å². The largest absolute Gasteiger partial charge is 0.417 e. The second kappa shape index (κ2) is 38.5. The molecule has 32 heteroatoms. The molecule has 102 heavy (non-hydrogen) atoms. The van der Waals surface area contributed by atoms with Crippen molar-refractivity contribution in [2.24, 2.45) is 17.8 Å². The second-order valence-corrected chi connectivity index (χ2v) is 29.0. The van der Waals surface area contributed by atoms with E-state index in [0.717, 1.165) is 91.0 Å². The lowest BCUT2D eigenvalue weighted by atomic mass is 9.84. The Morgan fingerprint density at radius 2 is 1.25 bits per heavy atom. The quantitative estimate of drug-likeness (QED) is 0.155. The molecule has 9 atom stereocenters. The molecule has 1 saturated carbocycles. The fourth-order valence-electron chi connectivity index (χ4n) is 13.5. The van der Waals surface area contributed by atoms with E-state index in [9.17, 15) is 60.3 Å². The normalized spacial score (nSPS) is 26.0. The first-order valence-electron chi connectivity index (χ1n) is 35.5. The molecule has 1 aliphatic carbocycles. The summed E-state index contributed by atoms with van der Waals surface area (Å²) in [6.45, 7) is 6.69. The van der Waals surface area contributed by atoms with Gasteiger partial charge in [0.25, 0.3) is 5.92 Å². The van der Waals surface area contributed by atoms with E-state index >= 15 is 19.2 Å². The van der Waals surface area contributed by atoms with Crippen LogP contribution in [0.5, 0.6) is 0 Å². The van der Waals surface area contributed by atoms with Crippen molar-refractivity contribution in [1.29, 1.82) is 0 Å². The third kappa shape index (κ3) is 23.4. The predicted octanol–water partition coefficient (Wildman–Crippen LogP) is 4.13. The summed E-state index contributed by atoms with van der Waals surface area (Å²) in [5, 5.41) is 7.44. The Balaban J connectivity index is 1.65. The standard InChI is InChI=1S/C70H109ClF5N13O13/c1-15-33-102-40-51-64(97)87(14)60(43(3)4)68(101)86(13)54(66(99)89-30-21-18-22-31-89)36-56(91)83(10)45(6)61(94)79-59(44(5)16-2)67(100)82(9)38-57(92)80(7)39-58(93)84(11)53(35-46-23-19-17-20-24-46)65(98)81(8)37-55(90)77-50(28-26-47-25-27-48(49(71)34-47)70(74,75)76)63(96)85(12)52(62(95)78-51)29-32-88-41-69(72,73)42-88/h25,27,34,43-46,50-54,59-60H,15-24,26,28-33,35-42H2,1-14H3,(H,77,90)(H,78,95)(H,79,94)/t44-,45-,50-,51-,52-,53-,54-,59-,60+/m0/s1. The fourth-order valence-corrected chi connectivity index (χ4v) is 13.8. The number of nitrogens with zero attached hydrogens (tertiary/aromatic N) is 10. The molecular weight excluding hydrogens is 1360 g/mol. The van der Waals surface area contributed by atoms with Gasteiger partial charge in [-0.3, -0.25) is 62.4 Å². The van der Waals surface area contributed by atoms with Gasteiger partial charge in [0, 0.05) is 82.6 Å². The van der Waals surface area contributed by atoms with Gasteiger partial charge in [0.2, 0.25) is 70.9 Å². The van der Waals surface area contributed by atoms with Crippen LogP contribution in [0, 0.1) is 17.8 Å². The zero-order chi connectivity index (χ0) is 76.4. The summed E-state index contributed by atoms with van der Waals surface area (Å²) < 4.78 is 76.4. The van der Waals surface area contributed by atoms with Crippen LogP contribution in [0.2, 0.25) is 5.02 Å². The first-order valence-corrected chi connectivity index (χ1v) is 35.9. The summed E-state index contributed by atoms with van der Waals surface area (Å²) in [7, 11) is 10.5. The van der Waals surface area contributed by atoms with Crippen LogP contribution in [0.25, 0.3) is 0 Å². The number of hydrogen-bond donors (Lipinski definition) is 3. The molecule has 0 radical (unpaired) electrons. The molecule has 0 bridgehead atoms. The van der Waals surface area contributed by atoms with Crippen LogP contribution in [0.3, 0.4) is 0 Å². The van der Waals surface area contributed by atoms with Crippen molar-refractivity contribution in [1.82, 2.24) is 64.9 Å². The summed E-state index contributed by atoms with van der Waals surface area (Å²) in [4.78, 5) is 188. The maximum absolute atomic E-state index is 15.3. The molecule has 0 aromatic heterocycles.